The molecule has 0 fully saturated rings. The van der Waals surface area contributed by atoms with Crippen molar-refractivity contribution in [3.63, 3.8) is 0 Å². The molecule has 0 spiro atoms. The Labute approximate surface area is 140 Å². The first kappa shape index (κ1) is 14.8. The summed E-state index contributed by atoms with van der Waals surface area (Å²) in [5.74, 6) is 0.952. The van der Waals surface area contributed by atoms with Gasteiger partial charge in [0.15, 0.2) is 0 Å². The van der Waals surface area contributed by atoms with Crippen LogP contribution in [0.2, 0.25) is 0 Å². The fourth-order valence-electron chi connectivity index (χ4n) is 3.18. The summed E-state index contributed by atoms with van der Waals surface area (Å²) in [5, 5.41) is 2.98. The van der Waals surface area contributed by atoms with E-state index in [2.05, 4.69) is 16.0 Å². The van der Waals surface area contributed by atoms with Crippen LogP contribution in [0.15, 0.2) is 48.5 Å². The largest absolute Gasteiger partial charge is 0.326 e. The molecule has 0 atom stereocenters. The predicted octanol–water partition coefficient (Wildman–Crippen LogP) is 3.78. The molecule has 2 aromatic carbocycles. The molecular formula is C19H20N4O. The maximum atomic E-state index is 12.6. The zero-order valence-electron chi connectivity index (χ0n) is 13.7. The zero-order valence-corrected chi connectivity index (χ0v) is 13.7. The number of para-hydroxylation sites is 2. The fourth-order valence-corrected chi connectivity index (χ4v) is 3.18. The van der Waals surface area contributed by atoms with Crippen LogP contribution in [0.25, 0.3) is 11.0 Å². The summed E-state index contributed by atoms with van der Waals surface area (Å²) in [5.41, 5.74) is 4.14. The number of rotatable bonds is 1. The number of nitrogens with zero attached hydrogens (tertiary/aromatic N) is 3. The molecule has 2 heterocycles. The van der Waals surface area contributed by atoms with E-state index in [1.165, 1.54) is 5.56 Å². The zero-order chi connectivity index (χ0) is 16.5. The lowest BCUT2D eigenvalue weighted by molar-refractivity contribution is 0.209. The Morgan fingerprint density at radius 2 is 1.88 bits per heavy atom. The summed E-state index contributed by atoms with van der Waals surface area (Å²) in [6.07, 6.45) is 0.925. The van der Waals surface area contributed by atoms with E-state index in [1.54, 1.807) is 0 Å². The number of aryl methyl sites for hydroxylation is 2. The number of nitrogens with one attached hydrogen (secondary N) is 1. The maximum Gasteiger partial charge on any atom is 0.322 e. The van der Waals surface area contributed by atoms with Crippen molar-refractivity contribution >= 4 is 22.8 Å². The van der Waals surface area contributed by atoms with Gasteiger partial charge < -0.3 is 14.8 Å². The quantitative estimate of drug-likeness (QED) is 0.742. The highest BCUT2D eigenvalue weighted by molar-refractivity contribution is 5.89. The number of carbonyl (C=O) groups is 1. The van der Waals surface area contributed by atoms with Crippen LogP contribution >= 0.6 is 0 Å². The minimum absolute atomic E-state index is 0.0700. The number of anilines is 1. The van der Waals surface area contributed by atoms with Crippen molar-refractivity contribution in [2.24, 2.45) is 0 Å². The van der Waals surface area contributed by atoms with Crippen molar-refractivity contribution in [2.45, 2.75) is 26.4 Å². The smallest absolute Gasteiger partial charge is 0.322 e. The van der Waals surface area contributed by atoms with E-state index < -0.39 is 0 Å². The van der Waals surface area contributed by atoms with Crippen molar-refractivity contribution in [3.05, 3.63) is 59.9 Å². The van der Waals surface area contributed by atoms with E-state index in [0.29, 0.717) is 6.54 Å². The summed E-state index contributed by atoms with van der Waals surface area (Å²) in [6, 6.07) is 15.9. The van der Waals surface area contributed by atoms with E-state index >= 15 is 0 Å². The molecule has 3 aromatic rings. The van der Waals surface area contributed by atoms with Gasteiger partial charge in [0.1, 0.15) is 5.82 Å². The normalized spacial score (nSPS) is 14.3. The minimum Gasteiger partial charge on any atom is -0.326 e. The Kier molecular flexibility index (Phi) is 3.69. The van der Waals surface area contributed by atoms with Crippen LogP contribution in [0.5, 0.6) is 0 Å². The summed E-state index contributed by atoms with van der Waals surface area (Å²) in [6.45, 7) is 4.19. The first-order valence-corrected chi connectivity index (χ1v) is 8.27. The van der Waals surface area contributed by atoms with Gasteiger partial charge in [0, 0.05) is 18.8 Å². The van der Waals surface area contributed by atoms with Gasteiger partial charge >= 0.3 is 6.03 Å². The molecular weight excluding hydrogens is 300 g/mol. The second-order valence-electron chi connectivity index (χ2n) is 6.24. The molecule has 0 bridgehead atoms. The lowest BCUT2D eigenvalue weighted by Gasteiger charge is -2.20. The number of carbonyl (C=O) groups excluding carboxylic acids is 1. The van der Waals surface area contributed by atoms with Gasteiger partial charge in [-0.2, -0.15) is 0 Å². The van der Waals surface area contributed by atoms with Crippen LogP contribution in [0, 0.1) is 6.92 Å². The summed E-state index contributed by atoms with van der Waals surface area (Å²) in [7, 11) is 0. The van der Waals surface area contributed by atoms with Gasteiger partial charge in [0.25, 0.3) is 0 Å². The molecule has 24 heavy (non-hydrogen) atoms. The molecule has 1 aromatic heterocycles. The van der Waals surface area contributed by atoms with E-state index in [1.807, 2.05) is 54.3 Å². The predicted molar refractivity (Wildman–Crippen MR) is 95.0 cm³/mol. The van der Waals surface area contributed by atoms with Crippen molar-refractivity contribution in [1.29, 1.82) is 0 Å². The summed E-state index contributed by atoms with van der Waals surface area (Å²) >= 11 is 0. The Balaban J connectivity index is 1.56. The highest BCUT2D eigenvalue weighted by atomic mass is 16.2. The monoisotopic (exact) mass is 320 g/mol. The first-order chi connectivity index (χ1) is 11.7. The number of benzene rings is 2. The minimum atomic E-state index is -0.0700. The summed E-state index contributed by atoms with van der Waals surface area (Å²) < 4.78 is 2.23. The maximum absolute atomic E-state index is 12.6. The third-order valence-electron chi connectivity index (χ3n) is 4.47. The van der Waals surface area contributed by atoms with Gasteiger partial charge in [-0.3, -0.25) is 0 Å². The molecule has 1 aliphatic heterocycles. The van der Waals surface area contributed by atoms with Crippen LogP contribution in [0.4, 0.5) is 10.5 Å². The number of hydrogen-bond donors (Lipinski definition) is 1. The van der Waals surface area contributed by atoms with Gasteiger partial charge in [-0.15, -0.1) is 0 Å². The average Bonchev–Trinajstić information content (AvgIpc) is 2.79. The summed E-state index contributed by atoms with van der Waals surface area (Å²) in [4.78, 5) is 19.2. The Hall–Kier alpha value is -2.82. The molecule has 122 valence electrons. The number of fused-ring (bicyclic) bond motifs is 3. The van der Waals surface area contributed by atoms with Gasteiger partial charge in [0.05, 0.1) is 17.6 Å². The number of imidazole rings is 1. The van der Waals surface area contributed by atoms with Crippen molar-refractivity contribution in [1.82, 2.24) is 14.5 Å². The van der Waals surface area contributed by atoms with E-state index in [9.17, 15) is 4.79 Å². The van der Waals surface area contributed by atoms with E-state index in [4.69, 9.17) is 4.98 Å². The first-order valence-electron chi connectivity index (χ1n) is 8.27. The SMILES string of the molecule is Cc1ccc(NC(=O)N2CCCn3c(nc4ccccc43)C2)cc1. The molecule has 4 rings (SSSR count). The molecule has 1 aliphatic rings. The lowest BCUT2D eigenvalue weighted by atomic mass is 10.2. The number of aromatic nitrogens is 2. The second kappa shape index (κ2) is 6.00. The number of amides is 2. The molecule has 1 N–H and O–H groups in total. The van der Waals surface area contributed by atoms with Crippen LogP contribution in [-0.4, -0.2) is 27.0 Å². The molecule has 5 heteroatoms. The van der Waals surface area contributed by atoms with Gasteiger partial charge in [-0.1, -0.05) is 29.8 Å². The van der Waals surface area contributed by atoms with Crippen molar-refractivity contribution < 1.29 is 4.79 Å². The molecule has 0 radical (unpaired) electrons. The topological polar surface area (TPSA) is 50.2 Å². The van der Waals surface area contributed by atoms with E-state index in [-0.39, 0.29) is 6.03 Å². The van der Waals surface area contributed by atoms with Crippen molar-refractivity contribution in [3.8, 4) is 0 Å². The Morgan fingerprint density at radius 3 is 2.71 bits per heavy atom. The van der Waals surface area contributed by atoms with Crippen LogP contribution in [0.1, 0.15) is 17.8 Å². The second-order valence-corrected chi connectivity index (χ2v) is 6.24. The number of hydrogen-bond acceptors (Lipinski definition) is 2. The Morgan fingerprint density at radius 1 is 1.08 bits per heavy atom. The van der Waals surface area contributed by atoms with Gasteiger partial charge in [-0.25, -0.2) is 9.78 Å². The van der Waals surface area contributed by atoms with Crippen LogP contribution < -0.4 is 5.32 Å². The molecule has 0 unspecified atom stereocenters. The van der Waals surface area contributed by atoms with Crippen LogP contribution in [-0.2, 0) is 13.1 Å². The molecule has 0 saturated carbocycles. The highest BCUT2D eigenvalue weighted by Gasteiger charge is 2.21. The third-order valence-corrected chi connectivity index (χ3v) is 4.47. The average molecular weight is 320 g/mol. The number of urea groups is 1. The lowest BCUT2D eigenvalue weighted by Crippen LogP contribution is -2.34. The highest BCUT2D eigenvalue weighted by Crippen LogP contribution is 2.21. The fraction of sp³-hybridized carbons (Fsp3) is 0.263. The van der Waals surface area contributed by atoms with Gasteiger partial charge in [0.2, 0.25) is 0 Å². The van der Waals surface area contributed by atoms with Crippen molar-refractivity contribution in [2.75, 3.05) is 11.9 Å². The molecule has 2 amide bonds. The third kappa shape index (κ3) is 2.73. The molecule has 0 aliphatic carbocycles. The molecule has 5 nitrogen and oxygen atoms in total. The van der Waals surface area contributed by atoms with Crippen LogP contribution in [0.3, 0.4) is 0 Å². The van der Waals surface area contributed by atoms with E-state index in [0.717, 1.165) is 42.1 Å². The molecule has 0 saturated heterocycles. The Bertz CT molecular complexity index is 882. The standard InChI is InChI=1S/C19H20N4O/c1-14-7-9-15(10-8-14)20-19(24)22-11-4-12-23-17-6-3-2-5-16(17)21-18(23)13-22/h2-3,5-10H,4,11-13H2,1H3,(H,20,24). The van der Waals surface area contributed by atoms with Gasteiger partial charge in [-0.05, 0) is 37.6 Å².